The third-order valence-electron chi connectivity index (χ3n) is 2.66. The van der Waals surface area contributed by atoms with Crippen molar-refractivity contribution in [3.63, 3.8) is 0 Å². The molecule has 0 bridgehead atoms. The van der Waals surface area contributed by atoms with Gasteiger partial charge in [0.05, 0.1) is 0 Å². The van der Waals surface area contributed by atoms with Gasteiger partial charge in [-0.05, 0) is 43.8 Å². The zero-order valence-corrected chi connectivity index (χ0v) is 11.0. The summed E-state index contributed by atoms with van der Waals surface area (Å²) in [6, 6.07) is 5.71. The Hall–Kier alpha value is -0.540. The monoisotopic (exact) mass is 241 g/mol. The second-order valence-electron chi connectivity index (χ2n) is 3.92. The molecule has 3 heteroatoms. The summed E-state index contributed by atoms with van der Waals surface area (Å²) in [7, 11) is 0. The molecule has 1 N–H and O–H groups in total. The number of hydrogen-bond donors (Lipinski definition) is 1. The van der Waals surface area contributed by atoms with Crippen molar-refractivity contribution < 1.29 is 4.39 Å². The number of unbranched alkanes of at least 4 members (excludes halogenated alkanes) is 1. The largest absolute Gasteiger partial charge is 0.310 e. The fourth-order valence-corrected chi connectivity index (χ4v) is 2.02. The zero-order valence-electron chi connectivity index (χ0n) is 10.2. The standard InChI is InChI=1S/C13H20FNS/c1-4-5-8-15-10(2)11-6-7-13(16-3)12(14)9-11/h6-7,9-10,15H,4-5,8H2,1-3H3. The molecule has 0 aliphatic carbocycles. The molecule has 90 valence electrons. The Morgan fingerprint density at radius 3 is 2.75 bits per heavy atom. The number of hydrogen-bond acceptors (Lipinski definition) is 2. The van der Waals surface area contributed by atoms with Crippen molar-refractivity contribution in [1.82, 2.24) is 5.32 Å². The van der Waals surface area contributed by atoms with Gasteiger partial charge in [-0.25, -0.2) is 4.39 Å². The van der Waals surface area contributed by atoms with Crippen LogP contribution in [0.25, 0.3) is 0 Å². The summed E-state index contributed by atoms with van der Waals surface area (Å²) in [6.45, 7) is 5.23. The van der Waals surface area contributed by atoms with Crippen molar-refractivity contribution in [3.8, 4) is 0 Å². The topological polar surface area (TPSA) is 12.0 Å². The maximum Gasteiger partial charge on any atom is 0.137 e. The lowest BCUT2D eigenvalue weighted by atomic mass is 10.1. The van der Waals surface area contributed by atoms with Gasteiger partial charge in [0.2, 0.25) is 0 Å². The first-order valence-corrected chi connectivity index (χ1v) is 6.98. The van der Waals surface area contributed by atoms with Gasteiger partial charge in [-0.2, -0.15) is 0 Å². The molecule has 0 radical (unpaired) electrons. The van der Waals surface area contributed by atoms with Crippen LogP contribution < -0.4 is 5.32 Å². The molecule has 0 heterocycles. The summed E-state index contributed by atoms with van der Waals surface area (Å²) in [5, 5.41) is 3.39. The second-order valence-corrected chi connectivity index (χ2v) is 4.77. The van der Waals surface area contributed by atoms with Crippen LogP contribution in [0.3, 0.4) is 0 Å². The molecule has 1 unspecified atom stereocenters. The van der Waals surface area contributed by atoms with Gasteiger partial charge < -0.3 is 5.32 Å². The van der Waals surface area contributed by atoms with Crippen molar-refractivity contribution in [1.29, 1.82) is 0 Å². The van der Waals surface area contributed by atoms with E-state index in [0.717, 1.165) is 18.5 Å². The fourth-order valence-electron chi connectivity index (χ4n) is 1.57. The molecule has 0 amide bonds. The molecule has 1 atom stereocenters. The SMILES string of the molecule is CCCCNC(C)c1ccc(SC)c(F)c1. The Labute approximate surface area is 102 Å². The molecule has 0 aliphatic rings. The van der Waals surface area contributed by atoms with E-state index in [1.807, 2.05) is 18.4 Å². The highest BCUT2D eigenvalue weighted by molar-refractivity contribution is 7.98. The first-order valence-electron chi connectivity index (χ1n) is 5.75. The van der Waals surface area contributed by atoms with Crippen LogP contribution in [0, 0.1) is 5.82 Å². The highest BCUT2D eigenvalue weighted by atomic mass is 32.2. The summed E-state index contributed by atoms with van der Waals surface area (Å²) in [5.74, 6) is -0.117. The molecular formula is C13H20FNS. The van der Waals surface area contributed by atoms with Gasteiger partial charge in [0.15, 0.2) is 0 Å². The number of halogens is 1. The van der Waals surface area contributed by atoms with Gasteiger partial charge in [-0.1, -0.05) is 19.4 Å². The van der Waals surface area contributed by atoms with Crippen molar-refractivity contribution >= 4 is 11.8 Å². The van der Waals surface area contributed by atoms with Crippen molar-refractivity contribution in [2.75, 3.05) is 12.8 Å². The van der Waals surface area contributed by atoms with Crippen LogP contribution in [0.5, 0.6) is 0 Å². The third kappa shape index (κ3) is 3.80. The average Bonchev–Trinajstić information content (AvgIpc) is 2.29. The van der Waals surface area contributed by atoms with E-state index < -0.39 is 0 Å². The Morgan fingerprint density at radius 1 is 1.44 bits per heavy atom. The maximum atomic E-state index is 13.6. The lowest BCUT2D eigenvalue weighted by Crippen LogP contribution is -2.19. The Balaban J connectivity index is 2.62. The molecule has 0 aromatic heterocycles. The highest BCUT2D eigenvalue weighted by Gasteiger charge is 2.07. The lowest BCUT2D eigenvalue weighted by Gasteiger charge is -2.14. The molecule has 0 saturated carbocycles. The van der Waals surface area contributed by atoms with Crippen molar-refractivity contribution in [2.45, 2.75) is 37.6 Å². The molecule has 0 aliphatic heterocycles. The van der Waals surface area contributed by atoms with Gasteiger partial charge in [-0.3, -0.25) is 0 Å². The minimum atomic E-state index is -0.117. The summed E-state index contributed by atoms with van der Waals surface area (Å²) in [6.07, 6.45) is 4.23. The van der Waals surface area contributed by atoms with E-state index in [0.29, 0.717) is 4.90 Å². The molecule has 0 spiro atoms. The van der Waals surface area contributed by atoms with Gasteiger partial charge in [0.25, 0.3) is 0 Å². The number of thioether (sulfide) groups is 1. The van der Waals surface area contributed by atoms with E-state index in [2.05, 4.69) is 19.2 Å². The van der Waals surface area contributed by atoms with E-state index in [1.54, 1.807) is 6.07 Å². The highest BCUT2D eigenvalue weighted by Crippen LogP contribution is 2.22. The van der Waals surface area contributed by atoms with Gasteiger partial charge in [0.1, 0.15) is 5.82 Å². The fraction of sp³-hybridized carbons (Fsp3) is 0.538. The predicted molar refractivity (Wildman–Crippen MR) is 69.5 cm³/mol. The smallest absolute Gasteiger partial charge is 0.137 e. The van der Waals surface area contributed by atoms with E-state index in [-0.39, 0.29) is 11.9 Å². The zero-order chi connectivity index (χ0) is 12.0. The molecule has 1 rings (SSSR count). The molecular weight excluding hydrogens is 221 g/mol. The van der Waals surface area contributed by atoms with Crippen LogP contribution in [0.15, 0.2) is 23.1 Å². The molecule has 16 heavy (non-hydrogen) atoms. The summed E-state index contributed by atoms with van der Waals surface area (Å²) in [5.41, 5.74) is 1.02. The Bertz CT molecular complexity index is 328. The van der Waals surface area contributed by atoms with E-state index in [1.165, 1.54) is 18.2 Å². The van der Waals surface area contributed by atoms with Crippen LogP contribution in [0.2, 0.25) is 0 Å². The number of rotatable bonds is 6. The van der Waals surface area contributed by atoms with Crippen LogP contribution in [0.4, 0.5) is 4.39 Å². The molecule has 1 aromatic rings. The summed E-state index contributed by atoms with van der Waals surface area (Å²) < 4.78 is 13.6. The van der Waals surface area contributed by atoms with Gasteiger partial charge in [-0.15, -0.1) is 11.8 Å². The van der Waals surface area contributed by atoms with Crippen LogP contribution in [-0.4, -0.2) is 12.8 Å². The Kier molecular flexibility index (Phi) is 5.85. The van der Waals surface area contributed by atoms with E-state index >= 15 is 0 Å². The molecule has 0 saturated heterocycles. The number of benzene rings is 1. The Morgan fingerprint density at radius 2 is 2.19 bits per heavy atom. The second kappa shape index (κ2) is 6.92. The minimum absolute atomic E-state index is 0.117. The molecule has 0 fully saturated rings. The van der Waals surface area contributed by atoms with Crippen molar-refractivity contribution in [3.05, 3.63) is 29.6 Å². The number of nitrogens with one attached hydrogen (secondary N) is 1. The lowest BCUT2D eigenvalue weighted by molar-refractivity contribution is 0.544. The molecule has 1 aromatic carbocycles. The minimum Gasteiger partial charge on any atom is -0.310 e. The normalized spacial score (nSPS) is 12.8. The molecule has 1 nitrogen and oxygen atoms in total. The first kappa shape index (κ1) is 13.5. The van der Waals surface area contributed by atoms with Crippen LogP contribution in [-0.2, 0) is 0 Å². The van der Waals surface area contributed by atoms with Gasteiger partial charge >= 0.3 is 0 Å². The third-order valence-corrected chi connectivity index (χ3v) is 3.43. The quantitative estimate of drug-likeness (QED) is 0.597. The van der Waals surface area contributed by atoms with E-state index in [4.69, 9.17) is 0 Å². The summed E-state index contributed by atoms with van der Waals surface area (Å²) >= 11 is 1.44. The van der Waals surface area contributed by atoms with Crippen LogP contribution in [0.1, 0.15) is 38.3 Å². The predicted octanol–water partition coefficient (Wildman–Crippen LogP) is 4.00. The first-order chi connectivity index (χ1) is 7.69. The maximum absolute atomic E-state index is 13.6. The van der Waals surface area contributed by atoms with Crippen LogP contribution >= 0.6 is 11.8 Å². The summed E-state index contributed by atoms with van der Waals surface area (Å²) in [4.78, 5) is 0.713. The van der Waals surface area contributed by atoms with E-state index in [9.17, 15) is 4.39 Å². The average molecular weight is 241 g/mol. The van der Waals surface area contributed by atoms with Crippen molar-refractivity contribution in [2.24, 2.45) is 0 Å². The van der Waals surface area contributed by atoms with Gasteiger partial charge in [0, 0.05) is 10.9 Å².